The van der Waals surface area contributed by atoms with Crippen LogP contribution in [0.15, 0.2) is 0 Å². The van der Waals surface area contributed by atoms with Crippen LogP contribution in [0.3, 0.4) is 0 Å². The number of nitriles is 1. The molecule has 0 aromatic rings. The van der Waals surface area contributed by atoms with Crippen LogP contribution in [-0.4, -0.2) is 42.1 Å². The molecule has 0 aromatic carbocycles. The number of carboxylic acid groups (broad SMARTS) is 1. The third kappa shape index (κ3) is 4.43. The predicted molar refractivity (Wildman–Crippen MR) is 69.3 cm³/mol. The molecule has 106 valence electrons. The van der Waals surface area contributed by atoms with Crippen molar-refractivity contribution in [3.05, 3.63) is 0 Å². The highest BCUT2D eigenvalue weighted by Crippen LogP contribution is 2.31. The molecular weight excluding hydrogens is 246 g/mol. The first kappa shape index (κ1) is 15.3. The van der Waals surface area contributed by atoms with Crippen molar-refractivity contribution in [1.29, 1.82) is 5.26 Å². The van der Waals surface area contributed by atoms with E-state index in [1.165, 1.54) is 4.90 Å². The molecule has 1 aliphatic carbocycles. The predicted octanol–water partition coefficient (Wildman–Crippen LogP) is 1.29. The van der Waals surface area contributed by atoms with Gasteiger partial charge in [0.15, 0.2) is 0 Å². The maximum Gasteiger partial charge on any atom is 0.317 e. The first-order chi connectivity index (χ1) is 8.95. The largest absolute Gasteiger partial charge is 0.481 e. The molecule has 1 aliphatic rings. The van der Waals surface area contributed by atoms with E-state index < -0.39 is 5.97 Å². The van der Waals surface area contributed by atoms with Gasteiger partial charge in [0.05, 0.1) is 17.9 Å². The number of nitrogens with one attached hydrogen (secondary N) is 1. The van der Waals surface area contributed by atoms with E-state index in [-0.39, 0.29) is 23.8 Å². The van der Waals surface area contributed by atoms with Gasteiger partial charge < -0.3 is 15.3 Å². The summed E-state index contributed by atoms with van der Waals surface area (Å²) in [4.78, 5) is 24.3. The lowest BCUT2D eigenvalue weighted by molar-refractivity contribution is -0.142. The van der Waals surface area contributed by atoms with Gasteiger partial charge in [-0.25, -0.2) is 4.79 Å². The van der Waals surface area contributed by atoms with E-state index in [9.17, 15) is 9.59 Å². The number of urea groups is 1. The van der Waals surface area contributed by atoms with Gasteiger partial charge >= 0.3 is 12.0 Å². The summed E-state index contributed by atoms with van der Waals surface area (Å²) in [7, 11) is 1.63. The lowest BCUT2D eigenvalue weighted by Crippen LogP contribution is -2.42. The quantitative estimate of drug-likeness (QED) is 0.784. The third-order valence-electron chi connectivity index (χ3n) is 3.61. The van der Waals surface area contributed by atoms with Crippen molar-refractivity contribution < 1.29 is 14.7 Å². The van der Waals surface area contributed by atoms with Crippen molar-refractivity contribution in [2.75, 3.05) is 20.1 Å². The third-order valence-corrected chi connectivity index (χ3v) is 3.61. The lowest BCUT2D eigenvalue weighted by atomic mass is 9.96. The normalized spacial score (nSPS) is 23.4. The van der Waals surface area contributed by atoms with Crippen molar-refractivity contribution in [3.8, 4) is 6.07 Å². The van der Waals surface area contributed by atoms with Crippen molar-refractivity contribution in [2.24, 2.45) is 17.8 Å². The molecule has 19 heavy (non-hydrogen) atoms. The first-order valence-corrected chi connectivity index (χ1v) is 6.57. The topological polar surface area (TPSA) is 93.4 Å². The minimum Gasteiger partial charge on any atom is -0.481 e. The highest BCUT2D eigenvalue weighted by atomic mass is 16.4. The molecule has 3 atom stereocenters. The fourth-order valence-electron chi connectivity index (χ4n) is 2.49. The van der Waals surface area contributed by atoms with E-state index in [1.54, 1.807) is 14.0 Å². The van der Waals surface area contributed by atoms with Crippen LogP contribution in [0.2, 0.25) is 0 Å². The summed E-state index contributed by atoms with van der Waals surface area (Å²) >= 11 is 0. The standard InChI is InChI=1S/C13H21N3O3/c1-9(6-14)8-16(2)13(19)15-7-10-4-3-5-11(10)12(17)18/h9-11H,3-5,7-8H2,1-2H3,(H,15,19)(H,17,18). The van der Waals surface area contributed by atoms with Crippen LogP contribution in [0.5, 0.6) is 0 Å². The molecule has 2 N–H and O–H groups in total. The number of amides is 2. The number of carbonyl (C=O) groups is 2. The van der Waals surface area contributed by atoms with Crippen LogP contribution in [0, 0.1) is 29.1 Å². The number of hydrogen-bond donors (Lipinski definition) is 2. The van der Waals surface area contributed by atoms with E-state index in [4.69, 9.17) is 10.4 Å². The number of aliphatic carboxylic acids is 1. The monoisotopic (exact) mass is 267 g/mol. The molecule has 0 spiro atoms. The Morgan fingerprint density at radius 3 is 2.79 bits per heavy atom. The molecule has 0 bridgehead atoms. The van der Waals surface area contributed by atoms with E-state index in [0.29, 0.717) is 19.5 Å². The van der Waals surface area contributed by atoms with Crippen LogP contribution in [0.25, 0.3) is 0 Å². The second kappa shape index (κ2) is 6.98. The highest BCUT2D eigenvalue weighted by molar-refractivity contribution is 5.74. The van der Waals surface area contributed by atoms with Crippen LogP contribution in [0.4, 0.5) is 4.79 Å². The van der Waals surface area contributed by atoms with Crippen molar-refractivity contribution in [1.82, 2.24) is 10.2 Å². The average molecular weight is 267 g/mol. The molecule has 0 heterocycles. The van der Waals surface area contributed by atoms with Crippen LogP contribution < -0.4 is 5.32 Å². The van der Waals surface area contributed by atoms with Crippen molar-refractivity contribution >= 4 is 12.0 Å². The summed E-state index contributed by atoms with van der Waals surface area (Å²) in [5.41, 5.74) is 0. The summed E-state index contributed by atoms with van der Waals surface area (Å²) in [6, 6.07) is 1.82. The minimum absolute atomic E-state index is 0.0169. The summed E-state index contributed by atoms with van der Waals surface area (Å²) in [6.45, 7) is 2.51. The van der Waals surface area contributed by atoms with Crippen molar-refractivity contribution in [2.45, 2.75) is 26.2 Å². The van der Waals surface area contributed by atoms with Gasteiger partial charge in [0.25, 0.3) is 0 Å². The summed E-state index contributed by atoms with van der Waals surface area (Å²) in [5.74, 6) is -1.32. The van der Waals surface area contributed by atoms with Gasteiger partial charge in [-0.3, -0.25) is 4.79 Å². The summed E-state index contributed by atoms with van der Waals surface area (Å²) in [6.07, 6.45) is 2.44. The number of rotatable bonds is 5. The van der Waals surface area contributed by atoms with Gasteiger partial charge in [-0.05, 0) is 25.7 Å². The Balaban J connectivity index is 2.37. The van der Waals surface area contributed by atoms with Gasteiger partial charge in [0.1, 0.15) is 0 Å². The maximum atomic E-state index is 11.8. The summed E-state index contributed by atoms with van der Waals surface area (Å²) < 4.78 is 0. The number of nitrogens with zero attached hydrogens (tertiary/aromatic N) is 2. The number of carboxylic acids is 1. The zero-order valence-corrected chi connectivity index (χ0v) is 11.4. The molecule has 0 aliphatic heterocycles. The average Bonchev–Trinajstić information content (AvgIpc) is 2.83. The Morgan fingerprint density at radius 1 is 1.53 bits per heavy atom. The molecule has 0 saturated heterocycles. The van der Waals surface area contributed by atoms with Gasteiger partial charge in [-0.15, -0.1) is 0 Å². The van der Waals surface area contributed by atoms with Gasteiger partial charge in [-0.2, -0.15) is 5.26 Å². The Labute approximate surface area is 113 Å². The van der Waals surface area contributed by atoms with E-state index in [0.717, 1.165) is 12.8 Å². The maximum absolute atomic E-state index is 11.8. The fraction of sp³-hybridized carbons (Fsp3) is 0.769. The van der Waals surface area contributed by atoms with Crippen LogP contribution in [-0.2, 0) is 4.79 Å². The molecule has 3 unspecified atom stereocenters. The first-order valence-electron chi connectivity index (χ1n) is 6.57. The van der Waals surface area contributed by atoms with Gasteiger partial charge in [0.2, 0.25) is 0 Å². The second-order valence-corrected chi connectivity index (χ2v) is 5.23. The van der Waals surface area contributed by atoms with E-state index in [1.807, 2.05) is 0 Å². The minimum atomic E-state index is -0.775. The van der Waals surface area contributed by atoms with Gasteiger partial charge in [0, 0.05) is 20.1 Å². The highest BCUT2D eigenvalue weighted by Gasteiger charge is 2.33. The molecule has 1 saturated carbocycles. The Kier molecular flexibility index (Phi) is 5.61. The zero-order valence-electron chi connectivity index (χ0n) is 11.4. The molecule has 1 rings (SSSR count). The number of hydrogen-bond acceptors (Lipinski definition) is 3. The molecule has 0 aromatic heterocycles. The Morgan fingerprint density at radius 2 is 2.21 bits per heavy atom. The fourth-order valence-corrected chi connectivity index (χ4v) is 2.49. The van der Waals surface area contributed by atoms with Crippen molar-refractivity contribution in [3.63, 3.8) is 0 Å². The molecule has 6 heteroatoms. The van der Waals surface area contributed by atoms with Crippen LogP contribution >= 0.6 is 0 Å². The molecule has 2 amide bonds. The van der Waals surface area contributed by atoms with Crippen LogP contribution in [0.1, 0.15) is 26.2 Å². The smallest absolute Gasteiger partial charge is 0.317 e. The molecule has 1 fully saturated rings. The molecule has 6 nitrogen and oxygen atoms in total. The van der Waals surface area contributed by atoms with E-state index in [2.05, 4.69) is 11.4 Å². The number of carbonyl (C=O) groups excluding carboxylic acids is 1. The SMILES string of the molecule is CC(C#N)CN(C)C(=O)NCC1CCCC1C(=O)O. The Hall–Kier alpha value is -1.77. The molecule has 0 radical (unpaired) electrons. The summed E-state index contributed by atoms with van der Waals surface area (Å²) in [5, 5.41) is 20.5. The van der Waals surface area contributed by atoms with E-state index >= 15 is 0 Å². The zero-order chi connectivity index (χ0) is 14.4. The second-order valence-electron chi connectivity index (χ2n) is 5.23. The lowest BCUT2D eigenvalue weighted by Gasteiger charge is -2.21. The van der Waals surface area contributed by atoms with Gasteiger partial charge in [-0.1, -0.05) is 6.42 Å². The Bertz CT molecular complexity index is 378. The molecular formula is C13H21N3O3.